The zero-order valence-electron chi connectivity index (χ0n) is 18.3. The summed E-state index contributed by atoms with van der Waals surface area (Å²) in [7, 11) is 0. The predicted molar refractivity (Wildman–Crippen MR) is 112 cm³/mol. The standard InChI is InChI=1S/C18H35N3O12.Al/c19-6(12(26)7(25)1-2-22)5-30-15-8(3-23)32-18(11(21)14(15)28)33-16-9(4-24)31-17(29)10(20)13(16)27;/h1,5-18,22-29H,2-4,19-21H2;/t6-,7+,8+,9+,10?,11?,12+,13?,14+,15?,16?,17?,18-;/m0./s1. The van der Waals surface area contributed by atoms with Crippen molar-refractivity contribution in [2.75, 3.05) is 19.8 Å². The lowest BCUT2D eigenvalue weighted by molar-refractivity contribution is -0.328. The van der Waals surface area contributed by atoms with Gasteiger partial charge in [-0.3, -0.25) is 0 Å². The second-order valence-electron chi connectivity index (χ2n) is 8.87. The molecule has 0 aliphatic carbocycles. The minimum Gasteiger partial charge on any atom is -0.397 e. The number of aliphatic hydroxyl groups is 8. The minimum absolute atomic E-state index is 0.392. The fraction of sp³-hybridized carbons (Fsp3) is 1.00. The normalized spacial score (nSPS) is 52.3. The molecule has 0 aromatic rings. The molecule has 3 aliphatic heterocycles. The van der Waals surface area contributed by atoms with E-state index in [0.29, 0.717) is 0 Å². The first kappa shape index (κ1) is 28.5. The molecule has 34 heavy (non-hydrogen) atoms. The first-order chi connectivity index (χ1) is 16.0. The Morgan fingerprint density at radius 2 is 1.21 bits per heavy atom. The number of hydrogen-bond donors (Lipinski definition) is 11. The number of ether oxygens (including phenoxy) is 4. The minimum atomic E-state index is -1.54. The summed E-state index contributed by atoms with van der Waals surface area (Å²) < 4.78 is 21.8. The maximum atomic E-state index is 10.9. The maximum absolute atomic E-state index is 10.9. The Morgan fingerprint density at radius 3 is 1.79 bits per heavy atom. The average molecular weight is 512 g/mol. The highest BCUT2D eigenvalue weighted by Gasteiger charge is 2.51. The molecular weight excluding hydrogens is 477 g/mol. The van der Waals surface area contributed by atoms with Gasteiger partial charge in [-0.25, -0.2) is 0 Å². The molecule has 0 saturated carbocycles. The third kappa shape index (κ3) is 5.59. The Balaban J connectivity index is 1.72. The molecule has 16 heteroatoms. The average Bonchev–Trinajstić information content (AvgIpc) is 2.83. The third-order valence-corrected chi connectivity index (χ3v) is 8.72. The van der Waals surface area contributed by atoms with Crippen LogP contribution >= 0.6 is 0 Å². The van der Waals surface area contributed by atoms with E-state index in [1.165, 1.54) is 0 Å². The van der Waals surface area contributed by atoms with Crippen molar-refractivity contribution in [3.63, 3.8) is 0 Å². The van der Waals surface area contributed by atoms with Gasteiger partial charge in [-0.1, -0.05) is 0 Å². The zero-order chi connectivity index (χ0) is 25.3. The molecule has 0 spiro atoms. The van der Waals surface area contributed by atoms with E-state index in [0.717, 1.165) is 0 Å². The van der Waals surface area contributed by atoms with Crippen LogP contribution in [0, 0.1) is 0 Å². The Hall–Kier alpha value is -0.0675. The predicted octanol–water partition coefficient (Wildman–Crippen LogP) is -7.57. The topological polar surface area (TPSA) is 277 Å². The van der Waals surface area contributed by atoms with Crippen molar-refractivity contribution in [3.05, 3.63) is 0 Å². The Bertz CT molecular complexity index is 651. The van der Waals surface area contributed by atoms with Gasteiger partial charge in [0.1, 0.15) is 36.6 Å². The van der Waals surface area contributed by atoms with Gasteiger partial charge in [0.2, 0.25) is 0 Å². The van der Waals surface area contributed by atoms with Gasteiger partial charge in [-0.05, 0) is 4.78 Å². The highest BCUT2D eigenvalue weighted by atomic mass is 27.1. The van der Waals surface area contributed by atoms with E-state index in [1.807, 2.05) is 0 Å². The molecule has 14 N–H and O–H groups in total. The van der Waals surface area contributed by atoms with Crippen LogP contribution in [0.25, 0.3) is 0 Å². The zero-order valence-corrected chi connectivity index (χ0v) is 19.5. The summed E-state index contributed by atoms with van der Waals surface area (Å²) in [5.41, 5.74) is 17.8. The van der Waals surface area contributed by atoms with Crippen molar-refractivity contribution in [2.24, 2.45) is 17.2 Å². The van der Waals surface area contributed by atoms with Gasteiger partial charge in [0.05, 0.1) is 37.5 Å². The van der Waals surface area contributed by atoms with E-state index in [1.54, 1.807) is 0 Å². The van der Waals surface area contributed by atoms with Gasteiger partial charge in [-0.2, -0.15) is 0 Å². The molecule has 0 bridgehead atoms. The molecule has 3 fully saturated rings. The summed E-state index contributed by atoms with van der Waals surface area (Å²) in [6, 6.07) is -3.53. The van der Waals surface area contributed by atoms with Crippen molar-refractivity contribution in [1.29, 1.82) is 0 Å². The SMILES string of the molecule is NC1C(O)O[C@H](CO)C(O[C@@H]2O[C@H](CO)C(O[C@@H]3[Al][C@H](CO)[C@@H](O)[C@H](O)[C@H]3N)[C@H](O)C2N)C1O. The van der Waals surface area contributed by atoms with Gasteiger partial charge in [0, 0.05) is 17.6 Å². The Labute approximate surface area is 201 Å². The van der Waals surface area contributed by atoms with Crippen LogP contribution in [0.5, 0.6) is 0 Å². The molecule has 3 heterocycles. The lowest BCUT2D eigenvalue weighted by Crippen LogP contribution is -2.69. The summed E-state index contributed by atoms with van der Waals surface area (Å²) >= 11 is -0.820. The third-order valence-electron chi connectivity index (χ3n) is 6.64. The molecule has 3 rings (SSSR count). The van der Waals surface area contributed by atoms with Crippen LogP contribution in [0.4, 0.5) is 0 Å². The Kier molecular flexibility index (Phi) is 10.0. The fourth-order valence-corrected chi connectivity index (χ4v) is 6.27. The molecule has 3 aliphatic rings. The smallest absolute Gasteiger partial charge is 0.264 e. The lowest BCUT2D eigenvalue weighted by atomic mass is 9.95. The first-order valence-corrected chi connectivity index (χ1v) is 12.4. The van der Waals surface area contributed by atoms with Gasteiger partial charge in [-0.15, -0.1) is 0 Å². The summed E-state index contributed by atoms with van der Waals surface area (Å²) in [5, 5.41) is 80.2. The second-order valence-corrected chi connectivity index (χ2v) is 10.8. The highest BCUT2D eigenvalue weighted by Crippen LogP contribution is 2.31. The number of aliphatic hydroxyl groups excluding tert-OH is 8. The van der Waals surface area contributed by atoms with E-state index >= 15 is 0 Å². The van der Waals surface area contributed by atoms with Crippen LogP contribution in [0.1, 0.15) is 0 Å². The molecule has 0 amide bonds. The van der Waals surface area contributed by atoms with Crippen molar-refractivity contribution in [3.8, 4) is 0 Å². The van der Waals surface area contributed by atoms with E-state index in [-0.39, 0.29) is 0 Å². The van der Waals surface area contributed by atoms with Crippen LogP contribution in [0.15, 0.2) is 0 Å². The van der Waals surface area contributed by atoms with Gasteiger partial charge < -0.3 is 77.0 Å². The van der Waals surface area contributed by atoms with Gasteiger partial charge in [0.25, 0.3) is 15.2 Å². The van der Waals surface area contributed by atoms with Crippen LogP contribution in [-0.4, -0.2) is 160 Å². The number of rotatable bonds is 7. The first-order valence-electron chi connectivity index (χ1n) is 11.0. The Morgan fingerprint density at radius 1 is 0.647 bits per heavy atom. The molecule has 6 unspecified atom stereocenters. The molecule has 0 aromatic carbocycles. The van der Waals surface area contributed by atoms with Crippen molar-refractivity contribution in [1.82, 2.24) is 0 Å². The largest absolute Gasteiger partial charge is 0.397 e. The quantitative estimate of drug-likeness (QED) is 0.141. The molecule has 3 saturated heterocycles. The molecular formula is C18H35AlN3O12. The molecule has 15 nitrogen and oxygen atoms in total. The van der Waals surface area contributed by atoms with Crippen LogP contribution < -0.4 is 17.2 Å². The van der Waals surface area contributed by atoms with Gasteiger partial charge >= 0.3 is 0 Å². The van der Waals surface area contributed by atoms with Crippen molar-refractivity contribution in [2.45, 2.75) is 89.3 Å². The molecule has 0 aromatic heterocycles. The second kappa shape index (κ2) is 12.0. The van der Waals surface area contributed by atoms with Crippen molar-refractivity contribution >= 4 is 15.2 Å². The monoisotopic (exact) mass is 512 g/mol. The van der Waals surface area contributed by atoms with E-state index in [2.05, 4.69) is 0 Å². The van der Waals surface area contributed by atoms with Crippen LogP contribution in [0.2, 0.25) is 4.78 Å². The summed E-state index contributed by atoms with van der Waals surface area (Å²) in [6.07, 6.45) is -13.3. The number of hydrogen-bond acceptors (Lipinski definition) is 15. The summed E-state index contributed by atoms with van der Waals surface area (Å²) in [5.74, 6) is 0. The lowest BCUT2D eigenvalue weighted by Gasteiger charge is -2.48. The van der Waals surface area contributed by atoms with E-state index in [4.69, 9.17) is 36.1 Å². The molecule has 1 radical (unpaired) electrons. The van der Waals surface area contributed by atoms with Crippen molar-refractivity contribution < 1.29 is 59.8 Å². The summed E-state index contributed by atoms with van der Waals surface area (Å²) in [4.78, 5) is -0.829. The van der Waals surface area contributed by atoms with Crippen LogP contribution in [-0.2, 0) is 18.9 Å². The number of nitrogens with two attached hydrogens (primary N) is 3. The van der Waals surface area contributed by atoms with E-state index in [9.17, 15) is 40.9 Å². The highest BCUT2D eigenvalue weighted by molar-refractivity contribution is 6.40. The molecule has 15 atom stereocenters. The maximum Gasteiger partial charge on any atom is 0.264 e. The molecule has 197 valence electrons. The van der Waals surface area contributed by atoms with E-state index < -0.39 is 124 Å². The summed E-state index contributed by atoms with van der Waals surface area (Å²) in [6.45, 7) is -1.66. The fourth-order valence-electron chi connectivity index (χ4n) is 4.45. The van der Waals surface area contributed by atoms with Gasteiger partial charge in [0.15, 0.2) is 12.6 Å². The van der Waals surface area contributed by atoms with Crippen LogP contribution in [0.3, 0.4) is 0 Å².